The first-order valence-corrected chi connectivity index (χ1v) is 15.9. The Balaban J connectivity index is 1.18. The molecule has 39 heavy (non-hydrogen) atoms. The second kappa shape index (κ2) is 11.8. The van der Waals surface area contributed by atoms with Crippen LogP contribution in [0.4, 0.5) is 11.5 Å². The molecule has 0 unspecified atom stereocenters. The molecule has 0 radical (unpaired) electrons. The number of hydrogen-bond donors (Lipinski definition) is 0. The lowest BCUT2D eigenvalue weighted by Gasteiger charge is -2.35. The molecule has 0 bridgehead atoms. The zero-order valence-corrected chi connectivity index (χ0v) is 24.3. The number of nitrogens with zero attached hydrogens (tertiary/aromatic N) is 4. The van der Waals surface area contributed by atoms with Crippen LogP contribution in [0.25, 0.3) is 10.4 Å². The van der Waals surface area contributed by atoms with Crippen molar-refractivity contribution >= 4 is 28.7 Å². The maximum atomic E-state index is 14.0. The standard InChI is InChI=1S/C33H42N4OS/c1-36(2)31-18-17-28(20-34-31)24-13-11-23(12-14-24)22-37(33(38)26-7-4-3-5-8-26)29-10-6-9-27(19-29)30-21-35-32(39-30)25-15-16-25/h6,9-10,17-21,23-26H,3-5,7-8,11-16,22H2,1-2H3/t23-,24-. The van der Waals surface area contributed by atoms with E-state index in [2.05, 4.69) is 57.4 Å². The Hall–Kier alpha value is -2.73. The Labute approximate surface area is 237 Å². The highest BCUT2D eigenvalue weighted by atomic mass is 32.1. The van der Waals surface area contributed by atoms with E-state index in [9.17, 15) is 4.79 Å². The van der Waals surface area contributed by atoms with Gasteiger partial charge in [0.15, 0.2) is 0 Å². The minimum atomic E-state index is 0.171. The zero-order chi connectivity index (χ0) is 26.8. The number of carbonyl (C=O) groups excluding carboxylic acids is 1. The van der Waals surface area contributed by atoms with Gasteiger partial charge in [0.25, 0.3) is 0 Å². The van der Waals surface area contributed by atoms with Crippen LogP contribution in [-0.2, 0) is 4.79 Å². The van der Waals surface area contributed by atoms with E-state index in [-0.39, 0.29) is 5.92 Å². The molecule has 3 aliphatic rings. The van der Waals surface area contributed by atoms with Crippen LogP contribution in [0.1, 0.15) is 93.0 Å². The Morgan fingerprint density at radius 2 is 1.64 bits per heavy atom. The van der Waals surface area contributed by atoms with Crippen molar-refractivity contribution in [3.05, 3.63) is 59.4 Å². The van der Waals surface area contributed by atoms with Gasteiger partial charge in [0, 0.05) is 50.6 Å². The van der Waals surface area contributed by atoms with Crippen molar-refractivity contribution in [3.8, 4) is 10.4 Å². The number of thiazole rings is 1. The van der Waals surface area contributed by atoms with Gasteiger partial charge >= 0.3 is 0 Å². The van der Waals surface area contributed by atoms with Crippen LogP contribution in [0, 0.1) is 11.8 Å². The summed E-state index contributed by atoms with van der Waals surface area (Å²) in [4.78, 5) is 28.8. The molecular weight excluding hydrogens is 500 g/mol. The van der Waals surface area contributed by atoms with E-state index in [0.29, 0.717) is 23.7 Å². The molecular formula is C33H42N4OS. The molecule has 0 saturated heterocycles. The molecule has 3 aromatic rings. The average molecular weight is 543 g/mol. The van der Waals surface area contributed by atoms with Crippen molar-refractivity contribution in [2.75, 3.05) is 30.4 Å². The summed E-state index contributed by atoms with van der Waals surface area (Å²) in [5.74, 6) is 3.31. The molecule has 6 heteroatoms. The van der Waals surface area contributed by atoms with Gasteiger partial charge in [0.05, 0.1) is 9.88 Å². The molecule has 0 spiro atoms. The normalized spacial score (nSPS) is 22.0. The highest BCUT2D eigenvalue weighted by molar-refractivity contribution is 7.15. The van der Waals surface area contributed by atoms with Gasteiger partial charge in [0.1, 0.15) is 5.82 Å². The van der Waals surface area contributed by atoms with Crippen LogP contribution in [0.3, 0.4) is 0 Å². The van der Waals surface area contributed by atoms with Gasteiger partial charge < -0.3 is 9.80 Å². The fraction of sp³-hybridized carbons (Fsp3) is 0.545. The molecule has 1 aromatic carbocycles. The summed E-state index contributed by atoms with van der Waals surface area (Å²) < 4.78 is 0. The van der Waals surface area contributed by atoms with E-state index in [1.165, 1.54) is 66.0 Å². The van der Waals surface area contributed by atoms with E-state index in [1.54, 1.807) is 0 Å². The third-order valence-corrected chi connectivity index (χ3v) is 10.3. The van der Waals surface area contributed by atoms with Crippen LogP contribution in [0.2, 0.25) is 0 Å². The largest absolute Gasteiger partial charge is 0.363 e. The Kier molecular flexibility index (Phi) is 8.01. The third kappa shape index (κ3) is 6.21. The molecule has 1 amide bonds. The lowest BCUT2D eigenvalue weighted by Crippen LogP contribution is -2.41. The van der Waals surface area contributed by atoms with Crippen molar-refractivity contribution in [2.24, 2.45) is 11.8 Å². The van der Waals surface area contributed by atoms with Gasteiger partial charge in [-0.15, -0.1) is 11.3 Å². The fourth-order valence-electron chi connectivity index (χ4n) is 6.50. The summed E-state index contributed by atoms with van der Waals surface area (Å²) in [6.07, 6.45) is 17.0. The molecule has 0 atom stereocenters. The molecule has 2 heterocycles. The SMILES string of the molecule is CN(C)c1ccc([C@H]2CC[C@H](CN(C(=O)C3CCCCC3)c3cccc(-c4cnc(C5CC5)s4)c3)CC2)cn1. The summed E-state index contributed by atoms with van der Waals surface area (Å²) in [5, 5.41) is 1.27. The van der Waals surface area contributed by atoms with Crippen LogP contribution < -0.4 is 9.80 Å². The summed E-state index contributed by atoms with van der Waals surface area (Å²) >= 11 is 1.83. The Morgan fingerprint density at radius 1 is 0.872 bits per heavy atom. The summed E-state index contributed by atoms with van der Waals surface area (Å²) in [6, 6.07) is 13.1. The van der Waals surface area contributed by atoms with Crippen molar-refractivity contribution in [2.45, 2.75) is 82.5 Å². The second-order valence-corrected chi connectivity index (χ2v) is 13.3. The highest BCUT2D eigenvalue weighted by Gasteiger charge is 2.31. The predicted molar refractivity (Wildman–Crippen MR) is 162 cm³/mol. The van der Waals surface area contributed by atoms with E-state index >= 15 is 0 Å². The number of anilines is 2. The summed E-state index contributed by atoms with van der Waals surface area (Å²) in [6.45, 7) is 0.833. The molecule has 3 aliphatic carbocycles. The number of carbonyl (C=O) groups is 1. The van der Waals surface area contributed by atoms with E-state index in [1.807, 2.05) is 31.6 Å². The van der Waals surface area contributed by atoms with Crippen LogP contribution in [-0.4, -0.2) is 36.5 Å². The van der Waals surface area contributed by atoms with Gasteiger partial charge in [0.2, 0.25) is 5.91 Å². The molecule has 3 saturated carbocycles. The monoisotopic (exact) mass is 542 g/mol. The molecule has 206 valence electrons. The number of rotatable bonds is 8. The van der Waals surface area contributed by atoms with Crippen LogP contribution in [0.5, 0.6) is 0 Å². The first kappa shape index (κ1) is 26.5. The molecule has 0 aliphatic heterocycles. The number of pyridine rings is 1. The highest BCUT2D eigenvalue weighted by Crippen LogP contribution is 2.44. The third-order valence-electron chi connectivity index (χ3n) is 9.10. The maximum absolute atomic E-state index is 14.0. The minimum absolute atomic E-state index is 0.171. The van der Waals surface area contributed by atoms with E-state index in [0.717, 1.165) is 43.7 Å². The second-order valence-electron chi connectivity index (χ2n) is 12.2. The summed E-state index contributed by atoms with van der Waals surface area (Å²) in [7, 11) is 4.07. The first-order chi connectivity index (χ1) is 19.0. The minimum Gasteiger partial charge on any atom is -0.363 e. The van der Waals surface area contributed by atoms with Gasteiger partial charge in [-0.3, -0.25) is 4.79 Å². The van der Waals surface area contributed by atoms with Crippen LogP contribution in [0.15, 0.2) is 48.8 Å². The van der Waals surface area contributed by atoms with Gasteiger partial charge in [-0.1, -0.05) is 37.5 Å². The predicted octanol–water partition coefficient (Wildman–Crippen LogP) is 8.04. The average Bonchev–Trinajstić information content (AvgIpc) is 3.72. The van der Waals surface area contributed by atoms with E-state index in [4.69, 9.17) is 4.98 Å². The summed E-state index contributed by atoms with van der Waals surface area (Å²) in [5.41, 5.74) is 3.61. The quantitative estimate of drug-likeness (QED) is 0.289. The smallest absolute Gasteiger partial charge is 0.230 e. The van der Waals surface area contributed by atoms with Crippen molar-refractivity contribution in [1.82, 2.24) is 9.97 Å². The molecule has 2 aromatic heterocycles. The lowest BCUT2D eigenvalue weighted by atomic mass is 9.78. The Bertz CT molecular complexity index is 1250. The molecule has 3 fully saturated rings. The number of aromatic nitrogens is 2. The van der Waals surface area contributed by atoms with Gasteiger partial charge in [-0.05, 0) is 92.5 Å². The fourth-order valence-corrected chi connectivity index (χ4v) is 7.58. The first-order valence-electron chi connectivity index (χ1n) is 15.1. The van der Waals surface area contributed by atoms with Crippen molar-refractivity contribution in [3.63, 3.8) is 0 Å². The van der Waals surface area contributed by atoms with Gasteiger partial charge in [-0.2, -0.15) is 0 Å². The molecule has 0 N–H and O–H groups in total. The van der Waals surface area contributed by atoms with Gasteiger partial charge in [-0.25, -0.2) is 9.97 Å². The Morgan fingerprint density at radius 3 is 2.33 bits per heavy atom. The number of amides is 1. The van der Waals surface area contributed by atoms with Crippen LogP contribution >= 0.6 is 11.3 Å². The van der Waals surface area contributed by atoms with Crippen molar-refractivity contribution < 1.29 is 4.79 Å². The lowest BCUT2D eigenvalue weighted by molar-refractivity contribution is -0.123. The maximum Gasteiger partial charge on any atom is 0.230 e. The zero-order valence-electron chi connectivity index (χ0n) is 23.5. The number of benzene rings is 1. The topological polar surface area (TPSA) is 49.3 Å². The molecule has 5 nitrogen and oxygen atoms in total. The van der Waals surface area contributed by atoms with Crippen molar-refractivity contribution in [1.29, 1.82) is 0 Å². The molecule has 6 rings (SSSR count). The van der Waals surface area contributed by atoms with E-state index < -0.39 is 0 Å². The number of hydrogen-bond acceptors (Lipinski definition) is 5.